The maximum atomic E-state index is 12.5. The summed E-state index contributed by atoms with van der Waals surface area (Å²) in [5, 5.41) is 5.34. The molecule has 0 aliphatic heterocycles. The largest absolute Gasteiger partial charge is 0.368 e. The SMILES string of the molecule is Clc1ccc2nc(Cl)ncc2c1.Nc1ncc2cc(Cl)ccc2n1.Nc1ncc2cc(Cl)ccc2n1.O=Cc1cc(Cl)ccc1F. The predicted molar refractivity (Wildman–Crippen MR) is 184 cm³/mol. The van der Waals surface area contributed by atoms with Crippen LogP contribution in [0.25, 0.3) is 32.7 Å². The number of hydrogen-bond donors (Lipinski definition) is 2. The van der Waals surface area contributed by atoms with Crippen molar-refractivity contribution in [2.45, 2.75) is 0 Å². The molecule has 0 amide bonds. The quantitative estimate of drug-likeness (QED) is 0.126. The Morgan fingerprint density at radius 2 is 0.935 bits per heavy atom. The standard InChI is InChI=1S/C8H4Cl2N2.2C8H6ClN3.C7H4ClFO/c3*9-6-1-2-7-5(3-6)4-11-8(10)12-7;8-6-1-2-7(9)5(3-6)4-10/h1-4H;2*1-4H,(H2,10,11,12);1-4H. The van der Waals surface area contributed by atoms with E-state index in [0.717, 1.165) is 38.8 Å². The molecule has 0 bridgehead atoms. The first kappa shape index (κ1) is 34.4. The van der Waals surface area contributed by atoms with Gasteiger partial charge < -0.3 is 11.5 Å². The van der Waals surface area contributed by atoms with E-state index in [-0.39, 0.29) is 22.7 Å². The molecular weight excluding hydrogens is 697 g/mol. The zero-order valence-corrected chi connectivity index (χ0v) is 27.0. The molecule has 0 saturated heterocycles. The molecule has 0 radical (unpaired) electrons. The van der Waals surface area contributed by atoms with Gasteiger partial charge in [0.25, 0.3) is 0 Å². The number of rotatable bonds is 1. The molecule has 3 heterocycles. The zero-order valence-electron chi connectivity index (χ0n) is 23.3. The van der Waals surface area contributed by atoms with Crippen LogP contribution in [0.5, 0.6) is 0 Å². The summed E-state index contributed by atoms with van der Waals surface area (Å²) in [6, 6.07) is 20.0. The van der Waals surface area contributed by atoms with Crippen LogP contribution in [0.4, 0.5) is 16.3 Å². The second kappa shape index (κ2) is 16.2. The molecule has 0 unspecified atom stereocenters. The number of nitrogens with zero attached hydrogens (tertiary/aromatic N) is 6. The lowest BCUT2D eigenvalue weighted by molar-refractivity contribution is 0.112. The van der Waals surface area contributed by atoms with Gasteiger partial charge in [-0.25, -0.2) is 34.3 Å². The Kier molecular flexibility index (Phi) is 12.1. The minimum absolute atomic E-state index is 0.00694. The predicted octanol–water partition coefficient (Wildman–Crippen LogP) is 8.96. The summed E-state index contributed by atoms with van der Waals surface area (Å²) in [5.74, 6) is 0.0223. The van der Waals surface area contributed by atoms with E-state index in [1.165, 1.54) is 12.1 Å². The van der Waals surface area contributed by atoms with Crippen molar-refractivity contribution in [3.05, 3.63) is 128 Å². The van der Waals surface area contributed by atoms with E-state index in [4.69, 9.17) is 69.5 Å². The number of hydrogen-bond acceptors (Lipinski definition) is 9. The van der Waals surface area contributed by atoms with Crippen LogP contribution < -0.4 is 11.5 Å². The molecule has 0 aliphatic rings. The van der Waals surface area contributed by atoms with Crippen LogP contribution in [0, 0.1) is 5.82 Å². The minimum Gasteiger partial charge on any atom is -0.368 e. The van der Waals surface area contributed by atoms with Crippen molar-refractivity contribution < 1.29 is 9.18 Å². The molecular formula is C31H20Cl5FN8O. The molecule has 7 rings (SSSR count). The van der Waals surface area contributed by atoms with E-state index in [1.807, 2.05) is 18.2 Å². The van der Waals surface area contributed by atoms with Crippen LogP contribution in [0.1, 0.15) is 10.4 Å². The number of nitrogens with two attached hydrogens (primary N) is 2. The van der Waals surface area contributed by atoms with Crippen molar-refractivity contribution >= 4 is 109 Å². The van der Waals surface area contributed by atoms with Crippen LogP contribution in [0.2, 0.25) is 25.4 Å². The van der Waals surface area contributed by atoms with Crippen LogP contribution >= 0.6 is 58.0 Å². The van der Waals surface area contributed by atoms with Gasteiger partial charge in [0.1, 0.15) is 5.82 Å². The van der Waals surface area contributed by atoms with Crippen molar-refractivity contribution in [1.82, 2.24) is 29.9 Å². The zero-order chi connectivity index (χ0) is 33.2. The number of carbonyl (C=O) groups is 1. The molecule has 15 heteroatoms. The molecule has 9 nitrogen and oxygen atoms in total. The number of carbonyl (C=O) groups excluding carboxylic acids is 1. The number of aromatic nitrogens is 6. The summed E-state index contributed by atoms with van der Waals surface area (Å²) in [6.07, 6.45) is 5.39. The molecule has 0 spiro atoms. The highest BCUT2D eigenvalue weighted by Crippen LogP contribution is 2.19. The Labute approximate surface area is 286 Å². The number of nitrogen functional groups attached to an aromatic ring is 2. The minimum atomic E-state index is -0.542. The van der Waals surface area contributed by atoms with Crippen molar-refractivity contribution in [1.29, 1.82) is 0 Å². The highest BCUT2D eigenvalue weighted by molar-refractivity contribution is 6.32. The molecule has 0 fully saturated rings. The fourth-order valence-electron chi connectivity index (χ4n) is 3.62. The second-order valence-electron chi connectivity index (χ2n) is 8.99. The molecule has 3 aromatic heterocycles. The fourth-order valence-corrected chi connectivity index (χ4v) is 4.49. The van der Waals surface area contributed by atoms with Gasteiger partial charge in [0.15, 0.2) is 6.29 Å². The third-order valence-corrected chi connectivity index (χ3v) is 6.84. The monoisotopic (exact) mass is 714 g/mol. The van der Waals surface area contributed by atoms with Crippen molar-refractivity contribution in [3.8, 4) is 0 Å². The van der Waals surface area contributed by atoms with Gasteiger partial charge in [-0.15, -0.1) is 0 Å². The Balaban J connectivity index is 0.000000140. The van der Waals surface area contributed by atoms with E-state index in [9.17, 15) is 9.18 Å². The first-order valence-corrected chi connectivity index (χ1v) is 14.7. The summed E-state index contributed by atoms with van der Waals surface area (Å²) in [6.45, 7) is 0. The summed E-state index contributed by atoms with van der Waals surface area (Å²) >= 11 is 28.4. The van der Waals surface area contributed by atoms with E-state index < -0.39 is 5.82 Å². The lowest BCUT2D eigenvalue weighted by Gasteiger charge is -1.97. The Morgan fingerprint density at radius 1 is 0.543 bits per heavy atom. The molecule has 232 valence electrons. The molecule has 46 heavy (non-hydrogen) atoms. The summed E-state index contributed by atoms with van der Waals surface area (Å²) in [7, 11) is 0. The van der Waals surface area contributed by atoms with Crippen molar-refractivity contribution in [2.75, 3.05) is 11.5 Å². The maximum Gasteiger partial charge on any atom is 0.222 e. The Morgan fingerprint density at radius 3 is 1.37 bits per heavy atom. The number of benzene rings is 4. The van der Waals surface area contributed by atoms with Gasteiger partial charge in [-0.1, -0.05) is 46.4 Å². The fraction of sp³-hybridized carbons (Fsp3) is 0. The normalized spacial score (nSPS) is 10.2. The van der Waals surface area contributed by atoms with Gasteiger partial charge in [-0.05, 0) is 84.4 Å². The molecule has 4 N–H and O–H groups in total. The topological polar surface area (TPSA) is 146 Å². The average Bonchev–Trinajstić information content (AvgIpc) is 3.03. The summed E-state index contributed by atoms with van der Waals surface area (Å²) in [5.41, 5.74) is 13.2. The summed E-state index contributed by atoms with van der Waals surface area (Å²) in [4.78, 5) is 33.7. The highest BCUT2D eigenvalue weighted by atomic mass is 35.5. The maximum absolute atomic E-state index is 12.5. The molecule has 0 atom stereocenters. The molecule has 0 aliphatic carbocycles. The Bertz CT molecular complexity index is 1830. The van der Waals surface area contributed by atoms with Crippen molar-refractivity contribution in [2.24, 2.45) is 0 Å². The van der Waals surface area contributed by atoms with Gasteiger partial charge >= 0.3 is 0 Å². The van der Waals surface area contributed by atoms with Gasteiger partial charge in [0.05, 0.1) is 22.1 Å². The van der Waals surface area contributed by atoms with E-state index >= 15 is 0 Å². The van der Waals surface area contributed by atoms with Crippen LogP contribution in [-0.4, -0.2) is 36.2 Å². The van der Waals surface area contributed by atoms with Crippen LogP contribution in [0.15, 0.2) is 91.4 Å². The first-order chi connectivity index (χ1) is 22.0. The van der Waals surface area contributed by atoms with E-state index in [2.05, 4.69) is 29.9 Å². The van der Waals surface area contributed by atoms with Crippen LogP contribution in [-0.2, 0) is 0 Å². The smallest absolute Gasteiger partial charge is 0.222 e. The Hall–Kier alpha value is -4.45. The van der Waals surface area contributed by atoms with E-state index in [1.54, 1.807) is 55.0 Å². The number of anilines is 2. The molecule has 0 saturated carbocycles. The van der Waals surface area contributed by atoms with Crippen molar-refractivity contribution in [3.63, 3.8) is 0 Å². The highest BCUT2D eigenvalue weighted by Gasteiger charge is 2.00. The van der Waals surface area contributed by atoms with Gasteiger partial charge in [0, 0.05) is 54.8 Å². The van der Waals surface area contributed by atoms with Crippen LogP contribution in [0.3, 0.4) is 0 Å². The third kappa shape index (κ3) is 10.0. The summed E-state index contributed by atoms with van der Waals surface area (Å²) < 4.78 is 12.5. The number of fused-ring (bicyclic) bond motifs is 3. The lowest BCUT2D eigenvalue weighted by atomic mass is 10.2. The van der Waals surface area contributed by atoms with Gasteiger partial charge in [-0.3, -0.25) is 4.79 Å². The third-order valence-electron chi connectivity index (χ3n) is 5.72. The molecule has 4 aromatic carbocycles. The average molecular weight is 717 g/mol. The second-order valence-corrected chi connectivity index (χ2v) is 11.1. The van der Waals surface area contributed by atoms with E-state index in [0.29, 0.717) is 26.4 Å². The van der Waals surface area contributed by atoms with Gasteiger partial charge in [0.2, 0.25) is 17.2 Å². The number of aldehydes is 1. The number of halogens is 6. The molecule has 7 aromatic rings. The van der Waals surface area contributed by atoms with Gasteiger partial charge in [-0.2, -0.15) is 0 Å². The lowest BCUT2D eigenvalue weighted by Crippen LogP contribution is -1.93. The first-order valence-electron chi connectivity index (χ1n) is 12.8.